The molecule has 8 nitrogen and oxygen atoms in total. The summed E-state index contributed by atoms with van der Waals surface area (Å²) < 4.78 is 32.4. The minimum atomic E-state index is -0.802. The molecule has 0 saturated heterocycles. The lowest BCUT2D eigenvalue weighted by Crippen LogP contribution is -2.39. The normalized spacial score (nSPS) is 11.5. The van der Waals surface area contributed by atoms with E-state index < -0.39 is 29.4 Å². The Kier molecular flexibility index (Phi) is 10.0. The predicted octanol–water partition coefficient (Wildman–Crippen LogP) is 6.25. The summed E-state index contributed by atoms with van der Waals surface area (Å²) in [7, 11) is 1.88. The van der Waals surface area contributed by atoms with Gasteiger partial charge in [0.05, 0.1) is 35.6 Å². The molecule has 0 saturated carbocycles. The van der Waals surface area contributed by atoms with Crippen molar-refractivity contribution in [2.24, 2.45) is 0 Å². The molecule has 0 aliphatic rings. The zero-order valence-electron chi connectivity index (χ0n) is 27.0. The maximum Gasteiger partial charge on any atom is 0.337 e. The van der Waals surface area contributed by atoms with Crippen molar-refractivity contribution in [3.63, 3.8) is 0 Å². The molecule has 0 aliphatic heterocycles. The van der Waals surface area contributed by atoms with Crippen LogP contribution in [0.3, 0.4) is 0 Å². The van der Waals surface area contributed by atoms with Crippen molar-refractivity contribution in [2.45, 2.75) is 46.0 Å². The molecule has 0 radical (unpaired) electrons. The highest BCUT2D eigenvalue weighted by Crippen LogP contribution is 2.38. The van der Waals surface area contributed by atoms with Crippen molar-refractivity contribution in [1.82, 2.24) is 19.0 Å². The SMILES string of the molecule is CCC(=O)Cc1ccc(-c2sc3c(c2CN(C)Cc2cccc(CO)n2)c(=O)n(-c2ccccc2)c(=O)n3Cc2c(F)cccc2F)cc1. The zero-order chi connectivity index (χ0) is 34.7. The lowest BCUT2D eigenvalue weighted by Gasteiger charge is -2.18. The Morgan fingerprint density at radius 1 is 0.857 bits per heavy atom. The van der Waals surface area contributed by atoms with Crippen LogP contribution in [0.1, 0.15) is 41.4 Å². The van der Waals surface area contributed by atoms with Gasteiger partial charge >= 0.3 is 5.69 Å². The van der Waals surface area contributed by atoms with E-state index in [9.17, 15) is 19.5 Å². The minimum Gasteiger partial charge on any atom is -0.390 e. The summed E-state index contributed by atoms with van der Waals surface area (Å²) in [6.45, 7) is 1.82. The average Bonchev–Trinajstić information content (AvgIpc) is 3.47. The molecular formula is C38H34F2N4O4S. The molecule has 0 bridgehead atoms. The van der Waals surface area contributed by atoms with E-state index in [4.69, 9.17) is 0 Å². The molecule has 0 unspecified atom stereocenters. The first-order valence-corrected chi connectivity index (χ1v) is 16.6. The van der Waals surface area contributed by atoms with Gasteiger partial charge in [-0.2, -0.15) is 0 Å². The van der Waals surface area contributed by atoms with Gasteiger partial charge in [-0.25, -0.2) is 18.1 Å². The molecule has 0 atom stereocenters. The van der Waals surface area contributed by atoms with Gasteiger partial charge in [-0.1, -0.05) is 61.5 Å². The van der Waals surface area contributed by atoms with Gasteiger partial charge in [0.1, 0.15) is 22.2 Å². The second kappa shape index (κ2) is 14.6. The standard InChI is InChI=1S/C38H34F2N4O4S/c1-3-29(46)19-24-15-17-25(18-16-24)35-31(21-42(2)20-26-9-7-10-27(23-45)41-26)34-36(47)44(28-11-5-4-6-12-28)38(48)43(37(34)49-35)22-30-32(39)13-8-14-33(30)40/h4-18,45H,3,19-23H2,1-2H3. The van der Waals surface area contributed by atoms with Gasteiger partial charge in [0, 0.05) is 36.4 Å². The molecule has 11 heteroatoms. The summed E-state index contributed by atoms with van der Waals surface area (Å²) in [6.07, 6.45) is 0.729. The number of hydrogen-bond donors (Lipinski definition) is 1. The average molecular weight is 681 g/mol. The van der Waals surface area contributed by atoms with Gasteiger partial charge in [-0.3, -0.25) is 24.0 Å². The largest absolute Gasteiger partial charge is 0.390 e. The van der Waals surface area contributed by atoms with Crippen molar-refractivity contribution in [3.05, 3.63) is 152 Å². The third-order valence-corrected chi connectivity index (χ3v) is 9.67. The van der Waals surface area contributed by atoms with Crippen LogP contribution in [0.25, 0.3) is 26.3 Å². The first kappa shape index (κ1) is 33.8. The van der Waals surface area contributed by atoms with Crippen molar-refractivity contribution < 1.29 is 18.7 Å². The van der Waals surface area contributed by atoms with Gasteiger partial charge in [0.25, 0.3) is 5.56 Å². The number of aliphatic hydroxyl groups is 1. The number of ketones is 1. The number of hydrogen-bond acceptors (Lipinski definition) is 7. The number of para-hydroxylation sites is 1. The van der Waals surface area contributed by atoms with E-state index in [1.165, 1.54) is 22.0 Å². The molecule has 3 aromatic heterocycles. The van der Waals surface area contributed by atoms with E-state index in [1.54, 1.807) is 36.4 Å². The first-order valence-electron chi connectivity index (χ1n) is 15.8. The van der Waals surface area contributed by atoms with E-state index in [0.29, 0.717) is 46.9 Å². The Bertz CT molecular complexity index is 2240. The number of thiophene rings is 1. The van der Waals surface area contributed by atoms with E-state index in [2.05, 4.69) is 4.98 Å². The number of carbonyl (C=O) groups excluding carboxylic acids is 1. The number of fused-ring (bicyclic) bond motifs is 1. The van der Waals surface area contributed by atoms with Crippen molar-refractivity contribution in [2.75, 3.05) is 7.05 Å². The van der Waals surface area contributed by atoms with E-state index in [1.807, 2.05) is 55.3 Å². The summed E-state index contributed by atoms with van der Waals surface area (Å²) in [4.78, 5) is 48.3. The van der Waals surface area contributed by atoms with Gasteiger partial charge < -0.3 is 5.11 Å². The molecule has 0 amide bonds. The number of rotatable bonds is 12. The van der Waals surface area contributed by atoms with Gasteiger partial charge in [-0.05, 0) is 60.1 Å². The zero-order valence-corrected chi connectivity index (χ0v) is 27.8. The predicted molar refractivity (Wildman–Crippen MR) is 187 cm³/mol. The van der Waals surface area contributed by atoms with E-state index in [-0.39, 0.29) is 34.7 Å². The van der Waals surface area contributed by atoms with Gasteiger partial charge in [0.15, 0.2) is 0 Å². The Labute approximate surface area is 285 Å². The summed E-state index contributed by atoms with van der Waals surface area (Å²) >= 11 is 1.21. The maximum absolute atomic E-state index is 15.0. The fourth-order valence-electron chi connectivity index (χ4n) is 5.87. The van der Waals surface area contributed by atoms with Crippen LogP contribution in [-0.4, -0.2) is 37.0 Å². The molecular weight excluding hydrogens is 647 g/mol. The Morgan fingerprint density at radius 3 is 2.20 bits per heavy atom. The van der Waals surface area contributed by atoms with Crippen LogP contribution in [0.4, 0.5) is 8.78 Å². The van der Waals surface area contributed by atoms with Crippen molar-refractivity contribution in [1.29, 1.82) is 0 Å². The number of pyridine rings is 1. The number of aliphatic hydroxyl groups excluding tert-OH is 1. The maximum atomic E-state index is 15.0. The summed E-state index contributed by atoms with van der Waals surface area (Å²) in [5.41, 5.74) is 2.25. The van der Waals surface area contributed by atoms with Crippen LogP contribution >= 0.6 is 11.3 Å². The number of benzene rings is 3. The number of nitrogens with zero attached hydrogens (tertiary/aromatic N) is 4. The van der Waals surface area contributed by atoms with Crippen LogP contribution in [0.2, 0.25) is 0 Å². The second-order valence-corrected chi connectivity index (χ2v) is 12.9. The van der Waals surface area contributed by atoms with Gasteiger partial charge in [-0.15, -0.1) is 11.3 Å². The third kappa shape index (κ3) is 7.05. The molecule has 0 fully saturated rings. The van der Waals surface area contributed by atoms with Crippen LogP contribution in [0.15, 0.2) is 101 Å². The molecule has 3 aromatic carbocycles. The Balaban J connectivity index is 1.59. The topological polar surface area (TPSA) is 97.4 Å². The molecule has 6 aromatic rings. The highest BCUT2D eigenvalue weighted by Gasteiger charge is 2.26. The Morgan fingerprint density at radius 2 is 1.53 bits per heavy atom. The van der Waals surface area contributed by atoms with E-state index in [0.717, 1.165) is 27.8 Å². The second-order valence-electron chi connectivity index (χ2n) is 11.9. The molecule has 0 spiro atoms. The smallest absolute Gasteiger partial charge is 0.337 e. The molecule has 0 aliphatic carbocycles. The monoisotopic (exact) mass is 680 g/mol. The summed E-state index contributed by atoms with van der Waals surface area (Å²) in [5.74, 6) is -1.49. The van der Waals surface area contributed by atoms with Crippen molar-refractivity contribution >= 4 is 27.3 Å². The Hall–Kier alpha value is -5.10. The first-order chi connectivity index (χ1) is 23.7. The van der Waals surface area contributed by atoms with Gasteiger partial charge in [0.2, 0.25) is 0 Å². The lowest BCUT2D eigenvalue weighted by molar-refractivity contribution is -0.118. The van der Waals surface area contributed by atoms with Crippen LogP contribution in [0.5, 0.6) is 0 Å². The third-order valence-electron chi connectivity index (χ3n) is 8.36. The fraction of sp³-hybridized carbons (Fsp3) is 0.211. The number of Topliss-reactive ketones (excluding diaryl/α,β-unsaturated/α-hetero) is 1. The fourth-order valence-corrected chi connectivity index (χ4v) is 7.18. The number of aromatic nitrogens is 3. The van der Waals surface area contributed by atoms with Crippen molar-refractivity contribution in [3.8, 4) is 16.1 Å². The molecule has 6 rings (SSSR count). The lowest BCUT2D eigenvalue weighted by atomic mass is 10.0. The highest BCUT2D eigenvalue weighted by molar-refractivity contribution is 7.22. The molecule has 49 heavy (non-hydrogen) atoms. The molecule has 250 valence electrons. The quantitative estimate of drug-likeness (QED) is 0.164. The molecule has 3 heterocycles. The van der Waals surface area contributed by atoms with Crippen LogP contribution in [-0.2, 0) is 37.5 Å². The minimum absolute atomic E-state index is 0.113. The van der Waals surface area contributed by atoms with Crippen LogP contribution in [0, 0.1) is 11.6 Å². The number of carbonyl (C=O) groups is 1. The summed E-state index contributed by atoms with van der Waals surface area (Å²) in [5, 5.41) is 9.86. The summed E-state index contributed by atoms with van der Waals surface area (Å²) in [6, 6.07) is 24.9. The van der Waals surface area contributed by atoms with Crippen LogP contribution < -0.4 is 11.2 Å². The highest BCUT2D eigenvalue weighted by atomic mass is 32.1. The molecule has 1 N–H and O–H groups in total. The van der Waals surface area contributed by atoms with E-state index >= 15 is 8.78 Å². The number of halogens is 2.